The molecule has 0 aliphatic rings. The molecule has 0 N–H and O–H groups in total. The molecule has 0 atom stereocenters. The first-order chi connectivity index (χ1) is 9.63. The predicted molar refractivity (Wildman–Crippen MR) is 71.9 cm³/mol. The largest absolute Gasteiger partial charge is 0.487 e. The summed E-state index contributed by atoms with van der Waals surface area (Å²) in [6, 6.07) is 13.9. The monoisotopic (exact) mass is 269 g/mol. The van der Waals surface area contributed by atoms with E-state index in [-0.39, 0.29) is 23.5 Å². The zero-order valence-corrected chi connectivity index (χ0v) is 10.9. The highest BCUT2D eigenvalue weighted by molar-refractivity contribution is 5.95. The fraction of sp³-hybridized carbons (Fsp3) is 0.125. The Balaban J connectivity index is 2.27. The van der Waals surface area contributed by atoms with E-state index in [9.17, 15) is 9.18 Å². The Morgan fingerprint density at radius 1 is 1.25 bits per heavy atom. The van der Waals surface area contributed by atoms with Gasteiger partial charge in [0.1, 0.15) is 24.0 Å². The van der Waals surface area contributed by atoms with Gasteiger partial charge in [0, 0.05) is 0 Å². The number of Topliss-reactive ketones (excluding diaryl/α,β-unsaturated/α-hetero) is 1. The minimum atomic E-state index is -0.828. The number of ketones is 1. The van der Waals surface area contributed by atoms with Gasteiger partial charge in [-0.2, -0.15) is 5.26 Å². The fourth-order valence-electron chi connectivity index (χ4n) is 1.79. The second-order valence-electron chi connectivity index (χ2n) is 4.24. The number of ether oxygens (including phenoxy) is 1. The SMILES string of the molecule is CC(=O)c1ccc(OCc2ccccc2)c(C#N)c1F. The van der Waals surface area contributed by atoms with Crippen LogP contribution in [0.15, 0.2) is 42.5 Å². The smallest absolute Gasteiger partial charge is 0.162 e. The molecule has 4 heteroatoms. The van der Waals surface area contributed by atoms with E-state index in [1.54, 1.807) is 6.07 Å². The molecule has 100 valence electrons. The first-order valence-corrected chi connectivity index (χ1v) is 6.03. The molecule has 0 radical (unpaired) electrons. The van der Waals surface area contributed by atoms with E-state index in [4.69, 9.17) is 10.00 Å². The van der Waals surface area contributed by atoms with Crippen molar-refractivity contribution in [1.29, 1.82) is 5.26 Å². The van der Waals surface area contributed by atoms with Crippen molar-refractivity contribution in [3.05, 3.63) is 65.0 Å². The normalized spacial score (nSPS) is 9.85. The van der Waals surface area contributed by atoms with Crippen LogP contribution >= 0.6 is 0 Å². The number of benzene rings is 2. The van der Waals surface area contributed by atoms with Gasteiger partial charge in [0.15, 0.2) is 11.6 Å². The summed E-state index contributed by atoms with van der Waals surface area (Å²) >= 11 is 0. The Labute approximate surface area is 116 Å². The van der Waals surface area contributed by atoms with Gasteiger partial charge in [-0.3, -0.25) is 4.79 Å². The molecular formula is C16H12FNO2. The van der Waals surface area contributed by atoms with E-state index in [2.05, 4.69) is 0 Å². The summed E-state index contributed by atoms with van der Waals surface area (Å²) in [6.07, 6.45) is 0. The van der Waals surface area contributed by atoms with Gasteiger partial charge in [-0.05, 0) is 24.6 Å². The van der Waals surface area contributed by atoms with Gasteiger partial charge in [0.2, 0.25) is 0 Å². The van der Waals surface area contributed by atoms with Gasteiger partial charge < -0.3 is 4.74 Å². The van der Waals surface area contributed by atoms with Crippen LogP contribution in [-0.4, -0.2) is 5.78 Å². The average Bonchev–Trinajstić information content (AvgIpc) is 2.45. The highest BCUT2D eigenvalue weighted by atomic mass is 19.1. The number of nitriles is 1. The van der Waals surface area contributed by atoms with Crippen molar-refractivity contribution in [2.24, 2.45) is 0 Å². The molecule has 0 saturated carbocycles. The molecule has 0 spiro atoms. The fourth-order valence-corrected chi connectivity index (χ4v) is 1.79. The van der Waals surface area contributed by atoms with Crippen molar-refractivity contribution in [2.75, 3.05) is 0 Å². The van der Waals surface area contributed by atoms with E-state index >= 15 is 0 Å². The summed E-state index contributed by atoms with van der Waals surface area (Å²) < 4.78 is 19.4. The van der Waals surface area contributed by atoms with E-state index in [1.165, 1.54) is 19.1 Å². The van der Waals surface area contributed by atoms with Gasteiger partial charge in [0.05, 0.1) is 5.56 Å². The van der Waals surface area contributed by atoms with Crippen molar-refractivity contribution in [1.82, 2.24) is 0 Å². The van der Waals surface area contributed by atoms with Crippen molar-refractivity contribution in [3.63, 3.8) is 0 Å². The minimum Gasteiger partial charge on any atom is -0.487 e. The lowest BCUT2D eigenvalue weighted by Gasteiger charge is -2.10. The number of hydrogen-bond acceptors (Lipinski definition) is 3. The third-order valence-electron chi connectivity index (χ3n) is 2.83. The maximum Gasteiger partial charge on any atom is 0.162 e. The summed E-state index contributed by atoms with van der Waals surface area (Å²) in [4.78, 5) is 11.2. The molecule has 2 rings (SSSR count). The van der Waals surface area contributed by atoms with Crippen LogP contribution in [0.5, 0.6) is 5.75 Å². The molecule has 0 aliphatic carbocycles. The Hall–Kier alpha value is -2.67. The lowest BCUT2D eigenvalue weighted by Crippen LogP contribution is -2.03. The summed E-state index contributed by atoms with van der Waals surface area (Å²) in [5.74, 6) is -1.11. The van der Waals surface area contributed by atoms with Crippen molar-refractivity contribution in [3.8, 4) is 11.8 Å². The number of carbonyl (C=O) groups excluding carboxylic acids is 1. The molecule has 0 saturated heterocycles. The molecule has 2 aromatic carbocycles. The van der Waals surface area contributed by atoms with Crippen LogP contribution in [0, 0.1) is 17.1 Å². The van der Waals surface area contributed by atoms with Gasteiger partial charge in [0.25, 0.3) is 0 Å². The van der Waals surface area contributed by atoms with Crippen LogP contribution in [0.25, 0.3) is 0 Å². The van der Waals surface area contributed by atoms with Crippen LogP contribution in [0.4, 0.5) is 4.39 Å². The number of carbonyl (C=O) groups is 1. The van der Waals surface area contributed by atoms with Crippen molar-refractivity contribution >= 4 is 5.78 Å². The lowest BCUT2D eigenvalue weighted by molar-refractivity contribution is 0.101. The zero-order chi connectivity index (χ0) is 14.5. The van der Waals surface area contributed by atoms with Crippen LogP contribution in [-0.2, 0) is 6.61 Å². The van der Waals surface area contributed by atoms with Crippen molar-refractivity contribution < 1.29 is 13.9 Å². The summed E-state index contributed by atoms with van der Waals surface area (Å²) in [6.45, 7) is 1.48. The third kappa shape index (κ3) is 2.83. The number of hydrogen-bond donors (Lipinski definition) is 0. The van der Waals surface area contributed by atoms with Gasteiger partial charge in [-0.1, -0.05) is 30.3 Å². The van der Waals surface area contributed by atoms with E-state index < -0.39 is 11.6 Å². The van der Waals surface area contributed by atoms with Crippen LogP contribution < -0.4 is 4.74 Å². The Morgan fingerprint density at radius 2 is 1.95 bits per heavy atom. The van der Waals surface area contributed by atoms with Gasteiger partial charge in [-0.15, -0.1) is 0 Å². The van der Waals surface area contributed by atoms with E-state index in [1.807, 2.05) is 30.3 Å². The second kappa shape index (κ2) is 5.98. The summed E-state index contributed by atoms with van der Waals surface area (Å²) in [7, 11) is 0. The number of halogens is 1. The quantitative estimate of drug-likeness (QED) is 0.798. The average molecular weight is 269 g/mol. The topological polar surface area (TPSA) is 50.1 Å². The molecule has 0 aliphatic heterocycles. The highest BCUT2D eigenvalue weighted by Gasteiger charge is 2.16. The molecule has 0 unspecified atom stereocenters. The summed E-state index contributed by atoms with van der Waals surface area (Å²) in [5.41, 5.74) is 0.565. The highest BCUT2D eigenvalue weighted by Crippen LogP contribution is 2.25. The second-order valence-corrected chi connectivity index (χ2v) is 4.24. The molecular weight excluding hydrogens is 257 g/mol. The molecule has 0 amide bonds. The standard InChI is InChI=1S/C16H12FNO2/c1-11(19)13-7-8-15(14(9-18)16(13)17)20-10-12-5-3-2-4-6-12/h2-8H,10H2,1H3. The van der Waals surface area contributed by atoms with Crippen LogP contribution in [0.2, 0.25) is 0 Å². The molecule has 0 heterocycles. The Bertz CT molecular complexity index is 675. The molecule has 0 fully saturated rings. The molecule has 0 aromatic heterocycles. The third-order valence-corrected chi connectivity index (χ3v) is 2.83. The predicted octanol–water partition coefficient (Wildman–Crippen LogP) is 3.48. The first kappa shape index (κ1) is 13.8. The maximum absolute atomic E-state index is 14.0. The summed E-state index contributed by atoms with van der Waals surface area (Å²) in [5, 5.41) is 9.02. The van der Waals surface area contributed by atoms with E-state index in [0.717, 1.165) is 5.56 Å². The molecule has 3 nitrogen and oxygen atoms in total. The van der Waals surface area contributed by atoms with Crippen molar-refractivity contribution in [2.45, 2.75) is 13.5 Å². The van der Waals surface area contributed by atoms with Gasteiger partial charge in [-0.25, -0.2) is 4.39 Å². The Morgan fingerprint density at radius 3 is 2.55 bits per heavy atom. The van der Waals surface area contributed by atoms with Crippen LogP contribution in [0.1, 0.15) is 28.4 Å². The Kier molecular flexibility index (Phi) is 4.11. The first-order valence-electron chi connectivity index (χ1n) is 6.03. The number of nitrogens with zero attached hydrogens (tertiary/aromatic N) is 1. The lowest BCUT2D eigenvalue weighted by atomic mass is 10.1. The molecule has 0 bridgehead atoms. The van der Waals surface area contributed by atoms with Crippen LogP contribution in [0.3, 0.4) is 0 Å². The zero-order valence-electron chi connectivity index (χ0n) is 10.9. The minimum absolute atomic E-state index is 0.103. The van der Waals surface area contributed by atoms with E-state index in [0.29, 0.717) is 0 Å². The molecule has 20 heavy (non-hydrogen) atoms. The maximum atomic E-state index is 14.0. The number of rotatable bonds is 4. The van der Waals surface area contributed by atoms with Gasteiger partial charge >= 0.3 is 0 Å². The molecule has 2 aromatic rings.